The van der Waals surface area contributed by atoms with Crippen LogP contribution in [0.3, 0.4) is 0 Å². The molecule has 2 aromatic heterocycles. The first kappa shape index (κ1) is 23.8. The topological polar surface area (TPSA) is 57.9 Å². The second-order valence-electron chi connectivity index (χ2n) is 9.19. The number of nitrogens with zero attached hydrogens (tertiary/aromatic N) is 4. The van der Waals surface area contributed by atoms with Gasteiger partial charge >= 0.3 is 0 Å². The molecule has 180 valence electrons. The predicted molar refractivity (Wildman–Crippen MR) is 147 cm³/mol. The lowest BCUT2D eigenvalue weighted by atomic mass is 10.1. The number of aryl methyl sites for hydroxylation is 2. The summed E-state index contributed by atoms with van der Waals surface area (Å²) >= 11 is 6.81. The van der Waals surface area contributed by atoms with Crippen LogP contribution < -0.4 is 10.5 Å². The molecule has 3 aromatic rings. The van der Waals surface area contributed by atoms with Crippen LogP contribution in [0.25, 0.3) is 11.7 Å². The largest absolute Gasteiger partial charge is 0.356 e. The molecule has 0 saturated carbocycles. The van der Waals surface area contributed by atoms with E-state index in [4.69, 9.17) is 17.2 Å². The van der Waals surface area contributed by atoms with Crippen molar-refractivity contribution in [3.8, 4) is 0 Å². The van der Waals surface area contributed by atoms with E-state index in [1.54, 1.807) is 21.6 Å². The van der Waals surface area contributed by atoms with Crippen molar-refractivity contribution in [2.75, 3.05) is 18.0 Å². The molecule has 0 aliphatic carbocycles. The molecule has 0 unspecified atom stereocenters. The molecule has 5 rings (SSSR count). The van der Waals surface area contributed by atoms with Crippen LogP contribution in [0.4, 0.5) is 5.82 Å². The Morgan fingerprint density at radius 2 is 1.74 bits per heavy atom. The molecular weight excluding hydrogens is 476 g/mol. The van der Waals surface area contributed by atoms with Crippen LogP contribution in [0.5, 0.6) is 0 Å². The third kappa shape index (κ3) is 4.77. The number of thioether (sulfide) groups is 1. The Balaban J connectivity index is 1.57. The van der Waals surface area contributed by atoms with E-state index >= 15 is 0 Å². The van der Waals surface area contributed by atoms with Crippen molar-refractivity contribution in [3.05, 3.63) is 80.1 Å². The molecule has 0 N–H and O–H groups in total. The molecule has 2 aliphatic rings. The molecule has 0 atom stereocenters. The molecule has 2 saturated heterocycles. The number of hydrogen-bond acceptors (Lipinski definition) is 6. The zero-order valence-electron chi connectivity index (χ0n) is 20.0. The quantitative estimate of drug-likeness (QED) is 0.364. The van der Waals surface area contributed by atoms with Gasteiger partial charge in [-0.3, -0.25) is 18.9 Å². The number of rotatable bonds is 4. The van der Waals surface area contributed by atoms with Crippen LogP contribution in [0.15, 0.2) is 52.3 Å². The number of fused-ring (bicyclic) bond motifs is 1. The maximum atomic E-state index is 13.7. The van der Waals surface area contributed by atoms with Crippen molar-refractivity contribution in [2.45, 2.75) is 46.1 Å². The zero-order valence-corrected chi connectivity index (χ0v) is 21.6. The van der Waals surface area contributed by atoms with E-state index in [0.717, 1.165) is 37.1 Å². The Kier molecular flexibility index (Phi) is 6.75. The van der Waals surface area contributed by atoms with E-state index in [9.17, 15) is 9.59 Å². The van der Waals surface area contributed by atoms with Gasteiger partial charge < -0.3 is 4.90 Å². The summed E-state index contributed by atoms with van der Waals surface area (Å²) < 4.78 is 2.08. The average molecular weight is 505 g/mol. The van der Waals surface area contributed by atoms with Crippen molar-refractivity contribution in [3.63, 3.8) is 0 Å². The van der Waals surface area contributed by atoms with Crippen LogP contribution in [0.2, 0.25) is 0 Å². The lowest BCUT2D eigenvalue weighted by Gasteiger charge is -2.24. The standard InChI is InChI=1S/C27H28N4O2S2/c1-18-9-11-20(12-10-18)17-31-26(33)22(35-27(31)34)16-21-24(29-13-5-3-4-6-14-29)28-23-19(2)8-7-15-30(23)25(21)32/h7-12,15-16H,3-6,13-14,17H2,1-2H3/b22-16+. The van der Waals surface area contributed by atoms with Gasteiger partial charge in [0.15, 0.2) is 0 Å². The minimum atomic E-state index is -0.170. The molecule has 6 nitrogen and oxygen atoms in total. The second kappa shape index (κ2) is 9.95. The highest BCUT2D eigenvalue weighted by Crippen LogP contribution is 2.35. The fourth-order valence-electron chi connectivity index (χ4n) is 4.59. The highest BCUT2D eigenvalue weighted by Gasteiger charge is 2.33. The summed E-state index contributed by atoms with van der Waals surface area (Å²) in [6.45, 7) is 6.11. The molecule has 1 aromatic carbocycles. The number of thiocarbonyl (C=S) groups is 1. The van der Waals surface area contributed by atoms with E-state index in [1.807, 2.05) is 50.2 Å². The number of benzene rings is 1. The second-order valence-corrected chi connectivity index (χ2v) is 10.9. The first-order valence-electron chi connectivity index (χ1n) is 12.0. The zero-order chi connectivity index (χ0) is 24.5. The summed E-state index contributed by atoms with van der Waals surface area (Å²) in [7, 11) is 0. The van der Waals surface area contributed by atoms with E-state index in [2.05, 4.69) is 4.90 Å². The van der Waals surface area contributed by atoms with Crippen LogP contribution in [0.1, 0.15) is 47.9 Å². The van der Waals surface area contributed by atoms with Gasteiger partial charge in [0.1, 0.15) is 15.8 Å². The summed E-state index contributed by atoms with van der Waals surface area (Å²) in [6.07, 6.45) is 7.92. The van der Waals surface area contributed by atoms with Crippen LogP contribution >= 0.6 is 24.0 Å². The highest BCUT2D eigenvalue weighted by molar-refractivity contribution is 8.26. The maximum absolute atomic E-state index is 13.7. The number of carbonyl (C=O) groups is 1. The van der Waals surface area contributed by atoms with Gasteiger partial charge in [0, 0.05) is 19.3 Å². The SMILES string of the molecule is Cc1ccc(CN2C(=O)/C(=C\c3c(N4CCCCCC4)nc4c(C)cccn4c3=O)SC2=S)cc1. The molecule has 4 heterocycles. The molecule has 8 heteroatoms. The number of carbonyl (C=O) groups excluding carboxylic acids is 1. The summed E-state index contributed by atoms with van der Waals surface area (Å²) in [5.74, 6) is 0.492. The minimum Gasteiger partial charge on any atom is -0.356 e. The molecular formula is C27H28N4O2S2. The maximum Gasteiger partial charge on any atom is 0.267 e. The first-order chi connectivity index (χ1) is 16.9. The monoisotopic (exact) mass is 504 g/mol. The lowest BCUT2D eigenvalue weighted by Crippen LogP contribution is -2.30. The van der Waals surface area contributed by atoms with Crippen LogP contribution in [0, 0.1) is 13.8 Å². The van der Waals surface area contributed by atoms with E-state index in [1.165, 1.54) is 30.2 Å². The van der Waals surface area contributed by atoms with Gasteiger partial charge in [-0.15, -0.1) is 0 Å². The number of aromatic nitrogens is 2. The third-order valence-corrected chi connectivity index (χ3v) is 7.96. The Morgan fingerprint density at radius 3 is 2.46 bits per heavy atom. The Morgan fingerprint density at radius 1 is 1.03 bits per heavy atom. The first-order valence-corrected chi connectivity index (χ1v) is 13.2. The minimum absolute atomic E-state index is 0.165. The van der Waals surface area contributed by atoms with Gasteiger partial charge in [-0.2, -0.15) is 0 Å². The molecule has 0 bridgehead atoms. The summed E-state index contributed by atoms with van der Waals surface area (Å²) in [5, 5.41) is 0. The third-order valence-electron chi connectivity index (χ3n) is 6.58. The molecule has 1 amide bonds. The van der Waals surface area contributed by atoms with Crippen molar-refractivity contribution in [2.24, 2.45) is 0 Å². The predicted octanol–water partition coefficient (Wildman–Crippen LogP) is 5.09. The van der Waals surface area contributed by atoms with Crippen molar-refractivity contribution in [1.82, 2.24) is 14.3 Å². The Hall–Kier alpha value is -2.97. The molecule has 2 fully saturated rings. The Labute approximate surface area is 214 Å². The van der Waals surface area contributed by atoms with E-state index in [-0.39, 0.29) is 11.5 Å². The van der Waals surface area contributed by atoms with Gasteiger partial charge in [0.25, 0.3) is 11.5 Å². The average Bonchev–Trinajstić information content (AvgIpc) is 3.03. The lowest BCUT2D eigenvalue weighted by molar-refractivity contribution is -0.122. The van der Waals surface area contributed by atoms with Gasteiger partial charge in [0.05, 0.1) is 17.0 Å². The molecule has 0 spiro atoms. The van der Waals surface area contributed by atoms with E-state index < -0.39 is 0 Å². The van der Waals surface area contributed by atoms with Crippen LogP contribution in [-0.2, 0) is 11.3 Å². The van der Waals surface area contributed by atoms with Gasteiger partial charge in [-0.05, 0) is 50.0 Å². The number of hydrogen-bond donors (Lipinski definition) is 0. The van der Waals surface area contributed by atoms with Gasteiger partial charge in [-0.1, -0.05) is 72.7 Å². The summed E-state index contributed by atoms with van der Waals surface area (Å²) in [5.41, 5.74) is 4.06. The fourth-order valence-corrected chi connectivity index (χ4v) is 5.83. The number of pyridine rings is 1. The van der Waals surface area contributed by atoms with Crippen molar-refractivity contribution in [1.29, 1.82) is 0 Å². The van der Waals surface area contributed by atoms with Gasteiger partial charge in [0.2, 0.25) is 0 Å². The smallest absolute Gasteiger partial charge is 0.267 e. The normalized spacial score (nSPS) is 18.1. The summed E-state index contributed by atoms with van der Waals surface area (Å²) in [6, 6.07) is 11.9. The van der Waals surface area contributed by atoms with Crippen molar-refractivity contribution >= 4 is 51.7 Å². The van der Waals surface area contributed by atoms with Gasteiger partial charge in [-0.25, -0.2) is 4.98 Å². The Bertz CT molecular complexity index is 1390. The summed E-state index contributed by atoms with van der Waals surface area (Å²) in [4.78, 5) is 36.3. The van der Waals surface area contributed by atoms with Crippen LogP contribution in [-0.4, -0.2) is 37.6 Å². The number of amides is 1. The van der Waals surface area contributed by atoms with Crippen molar-refractivity contribution < 1.29 is 4.79 Å². The molecule has 35 heavy (non-hydrogen) atoms. The number of anilines is 1. The molecule has 2 aliphatic heterocycles. The van der Waals surface area contributed by atoms with E-state index in [0.29, 0.717) is 32.8 Å². The highest BCUT2D eigenvalue weighted by atomic mass is 32.2. The fraction of sp³-hybridized carbons (Fsp3) is 0.333. The molecule has 0 radical (unpaired) electrons.